The van der Waals surface area contributed by atoms with E-state index in [1.54, 1.807) is 12.1 Å². The minimum Gasteiger partial charge on any atom is -0.396 e. The molecule has 4 N–H and O–H groups in total. The molecule has 0 saturated heterocycles. The molecule has 1 aromatic carbocycles. The van der Waals surface area contributed by atoms with Crippen LogP contribution in [0.1, 0.15) is 31.2 Å². The summed E-state index contributed by atoms with van der Waals surface area (Å²) in [5.41, 5.74) is 4.24. The van der Waals surface area contributed by atoms with E-state index in [4.69, 9.17) is 4.74 Å². The fourth-order valence-electron chi connectivity index (χ4n) is 3.24. The molecule has 0 amide bonds. The molecule has 110 valence electrons. The maximum atomic E-state index is 14.2. The second kappa shape index (κ2) is 5.37. The number of halogens is 2. The molecule has 2 fully saturated rings. The molecule has 2 saturated carbocycles. The number of aliphatic hydroxyl groups is 1. The van der Waals surface area contributed by atoms with Gasteiger partial charge in [0.05, 0.1) is 18.8 Å². The topological polar surface area (TPSA) is 57.1 Å². The van der Waals surface area contributed by atoms with E-state index < -0.39 is 5.54 Å². The average molecular weight is 345 g/mol. The molecular weight excluding hydrogens is 325 g/mol. The van der Waals surface area contributed by atoms with Crippen LogP contribution in [-0.2, 0) is 10.3 Å². The minimum absolute atomic E-state index is 0.0139. The minimum atomic E-state index is -0.609. The molecule has 0 bridgehead atoms. The Morgan fingerprint density at radius 3 is 2.80 bits per heavy atom. The number of hydrogen-bond acceptors (Lipinski definition) is 2. The molecule has 0 heterocycles. The summed E-state index contributed by atoms with van der Waals surface area (Å²) >= 11 is 3.39. The molecule has 0 unspecified atom stereocenters. The highest BCUT2D eigenvalue weighted by Crippen LogP contribution is 2.44. The highest BCUT2D eigenvalue weighted by atomic mass is 79.9. The smallest absolute Gasteiger partial charge is 0.132 e. The van der Waals surface area contributed by atoms with Crippen molar-refractivity contribution in [1.29, 1.82) is 0 Å². The predicted octanol–water partition coefficient (Wildman–Crippen LogP) is 1.98. The van der Waals surface area contributed by atoms with Gasteiger partial charge in [0.1, 0.15) is 11.4 Å². The van der Waals surface area contributed by atoms with Gasteiger partial charge in [-0.2, -0.15) is 0 Å². The average Bonchev–Trinajstić information content (AvgIpc) is 3.15. The zero-order chi connectivity index (χ0) is 14.3. The van der Waals surface area contributed by atoms with Crippen molar-refractivity contribution in [2.75, 3.05) is 6.61 Å². The fourth-order valence-corrected chi connectivity index (χ4v) is 3.60. The summed E-state index contributed by atoms with van der Waals surface area (Å²) in [6, 6.07) is 4.92. The first-order chi connectivity index (χ1) is 9.53. The Hall–Kier alpha value is -0.490. The Morgan fingerprint density at radius 1 is 1.40 bits per heavy atom. The monoisotopic (exact) mass is 344 g/mol. The third-order valence-electron chi connectivity index (χ3n) is 4.52. The quantitative estimate of drug-likeness (QED) is 0.877. The van der Waals surface area contributed by atoms with Crippen molar-refractivity contribution in [1.82, 2.24) is 0 Å². The largest absolute Gasteiger partial charge is 0.396 e. The summed E-state index contributed by atoms with van der Waals surface area (Å²) in [5, 5.41) is 9.66. The number of benzene rings is 1. The summed E-state index contributed by atoms with van der Waals surface area (Å²) in [6.07, 6.45) is 4.11. The van der Waals surface area contributed by atoms with Crippen LogP contribution in [0.25, 0.3) is 0 Å². The second-order valence-corrected chi connectivity index (χ2v) is 6.97. The molecule has 20 heavy (non-hydrogen) atoms. The van der Waals surface area contributed by atoms with Crippen molar-refractivity contribution in [3.05, 3.63) is 34.1 Å². The Bertz CT molecular complexity index is 509. The molecular formula is C15H20BrFNO2+. The summed E-state index contributed by atoms with van der Waals surface area (Å²) in [5.74, 6) is -0.316. The SMILES string of the molecule is [NH3+][C@@]1(c2cc(Br)ccc2F)C[C@@H](OC2CC2)C[C@H]1CO. The highest BCUT2D eigenvalue weighted by molar-refractivity contribution is 9.10. The van der Waals surface area contributed by atoms with Crippen LogP contribution in [0.5, 0.6) is 0 Å². The molecule has 0 radical (unpaired) electrons. The third-order valence-corrected chi connectivity index (χ3v) is 5.01. The number of aliphatic hydroxyl groups excluding tert-OH is 1. The van der Waals surface area contributed by atoms with E-state index in [9.17, 15) is 9.50 Å². The molecule has 0 aliphatic heterocycles. The maximum Gasteiger partial charge on any atom is 0.132 e. The number of hydrogen-bond donors (Lipinski definition) is 2. The molecule has 2 aliphatic rings. The van der Waals surface area contributed by atoms with Gasteiger partial charge in [-0.15, -0.1) is 0 Å². The van der Waals surface area contributed by atoms with E-state index in [-0.39, 0.29) is 24.4 Å². The summed E-state index contributed by atoms with van der Waals surface area (Å²) in [6.45, 7) is 0.0139. The first kappa shape index (κ1) is 14.4. The second-order valence-electron chi connectivity index (χ2n) is 6.06. The van der Waals surface area contributed by atoms with Crippen molar-refractivity contribution in [2.45, 2.75) is 43.4 Å². The molecule has 3 nitrogen and oxygen atoms in total. The third kappa shape index (κ3) is 2.64. The molecule has 0 aromatic heterocycles. The zero-order valence-electron chi connectivity index (χ0n) is 11.3. The van der Waals surface area contributed by atoms with Crippen molar-refractivity contribution in [3.63, 3.8) is 0 Å². The Kier molecular flexibility index (Phi) is 3.88. The molecule has 5 heteroatoms. The van der Waals surface area contributed by atoms with Crippen LogP contribution >= 0.6 is 15.9 Å². The maximum absolute atomic E-state index is 14.2. The molecule has 2 aliphatic carbocycles. The van der Waals surface area contributed by atoms with Crippen LogP contribution in [0, 0.1) is 11.7 Å². The number of rotatable bonds is 4. The van der Waals surface area contributed by atoms with Crippen LogP contribution in [0.3, 0.4) is 0 Å². The molecule has 3 atom stereocenters. The van der Waals surface area contributed by atoms with Gasteiger partial charge in [0.2, 0.25) is 0 Å². The Morgan fingerprint density at radius 2 is 2.15 bits per heavy atom. The lowest BCUT2D eigenvalue weighted by Gasteiger charge is -2.27. The van der Waals surface area contributed by atoms with Gasteiger partial charge < -0.3 is 15.6 Å². The van der Waals surface area contributed by atoms with Gasteiger partial charge >= 0.3 is 0 Å². The van der Waals surface area contributed by atoms with Crippen LogP contribution in [-0.4, -0.2) is 23.9 Å². The zero-order valence-corrected chi connectivity index (χ0v) is 12.9. The first-order valence-electron chi connectivity index (χ1n) is 7.10. The van der Waals surface area contributed by atoms with E-state index in [1.165, 1.54) is 6.07 Å². The van der Waals surface area contributed by atoms with E-state index in [1.807, 2.05) is 0 Å². The van der Waals surface area contributed by atoms with Crippen LogP contribution in [0.2, 0.25) is 0 Å². The number of quaternary nitrogens is 1. The van der Waals surface area contributed by atoms with E-state index >= 15 is 0 Å². The number of ether oxygens (including phenoxy) is 1. The van der Waals surface area contributed by atoms with Gasteiger partial charge in [-0.25, -0.2) is 4.39 Å². The summed E-state index contributed by atoms with van der Waals surface area (Å²) in [7, 11) is 0. The van der Waals surface area contributed by atoms with E-state index in [0.717, 1.165) is 23.7 Å². The van der Waals surface area contributed by atoms with Gasteiger partial charge in [0.25, 0.3) is 0 Å². The lowest BCUT2D eigenvalue weighted by molar-refractivity contribution is -0.501. The van der Waals surface area contributed by atoms with Gasteiger partial charge in [-0.1, -0.05) is 15.9 Å². The van der Waals surface area contributed by atoms with E-state index in [2.05, 4.69) is 21.7 Å². The van der Waals surface area contributed by atoms with Crippen LogP contribution < -0.4 is 5.73 Å². The highest BCUT2D eigenvalue weighted by Gasteiger charge is 2.51. The normalized spacial score (nSPS) is 33.6. The van der Waals surface area contributed by atoms with Crippen molar-refractivity contribution >= 4 is 15.9 Å². The van der Waals surface area contributed by atoms with Crippen LogP contribution in [0.4, 0.5) is 4.39 Å². The van der Waals surface area contributed by atoms with Crippen molar-refractivity contribution in [2.24, 2.45) is 5.92 Å². The van der Waals surface area contributed by atoms with Crippen LogP contribution in [0.15, 0.2) is 22.7 Å². The lowest BCUT2D eigenvalue weighted by Crippen LogP contribution is -2.72. The summed E-state index contributed by atoms with van der Waals surface area (Å²) in [4.78, 5) is 0. The molecule has 0 spiro atoms. The first-order valence-corrected chi connectivity index (χ1v) is 7.89. The Labute approximate surface area is 126 Å². The lowest BCUT2D eigenvalue weighted by atomic mass is 9.81. The Balaban J connectivity index is 1.89. The standard InChI is InChI=1S/C15H19BrFNO2/c16-10-1-4-14(17)13(6-10)15(18)7-12(5-9(15)8-19)20-11-2-3-11/h1,4,6,9,11-12,19H,2-3,5,7-8,18H2/p+1/t9-,12-,15-/m0/s1. The van der Waals surface area contributed by atoms with Gasteiger partial charge in [-0.3, -0.25) is 0 Å². The van der Waals surface area contributed by atoms with Crippen molar-refractivity contribution in [3.8, 4) is 0 Å². The predicted molar refractivity (Wildman–Crippen MR) is 76.4 cm³/mol. The van der Waals surface area contributed by atoms with Gasteiger partial charge in [-0.05, 0) is 37.5 Å². The molecule has 1 aromatic rings. The fraction of sp³-hybridized carbons (Fsp3) is 0.600. The van der Waals surface area contributed by atoms with Crippen molar-refractivity contribution < 1.29 is 20.0 Å². The van der Waals surface area contributed by atoms with Gasteiger partial charge in [0, 0.05) is 22.4 Å². The van der Waals surface area contributed by atoms with E-state index in [0.29, 0.717) is 18.1 Å². The molecule has 3 rings (SSSR count). The van der Waals surface area contributed by atoms with Gasteiger partial charge in [0.15, 0.2) is 0 Å². The summed E-state index contributed by atoms with van der Waals surface area (Å²) < 4.78 is 21.0.